The second-order valence-corrected chi connectivity index (χ2v) is 9.43. The molecule has 0 aromatic heterocycles. The molecule has 0 aliphatic carbocycles. The van der Waals surface area contributed by atoms with Gasteiger partial charge in [-0.2, -0.15) is 5.26 Å². The third-order valence-electron chi connectivity index (χ3n) is 5.25. The minimum absolute atomic E-state index is 0.154. The quantitative estimate of drug-likeness (QED) is 0.693. The molecule has 0 saturated heterocycles. The summed E-state index contributed by atoms with van der Waals surface area (Å²) in [5.41, 5.74) is 3.56. The molecule has 2 aromatic rings. The normalized spacial score (nSPS) is 18.1. The summed E-state index contributed by atoms with van der Waals surface area (Å²) in [7, 11) is -3.17. The van der Waals surface area contributed by atoms with E-state index < -0.39 is 9.84 Å². The van der Waals surface area contributed by atoms with Crippen LogP contribution in [0.5, 0.6) is 0 Å². The first-order chi connectivity index (χ1) is 13.3. The second-order valence-electron chi connectivity index (χ2n) is 7.41. The summed E-state index contributed by atoms with van der Waals surface area (Å²) >= 11 is 0. The van der Waals surface area contributed by atoms with Crippen molar-refractivity contribution in [2.24, 2.45) is 0 Å². The minimum Gasteiger partial charge on any atom is -0.381 e. The van der Waals surface area contributed by atoms with Crippen molar-refractivity contribution in [1.29, 1.82) is 5.26 Å². The number of benzene rings is 2. The van der Waals surface area contributed by atoms with E-state index in [1.165, 1.54) is 6.26 Å². The van der Waals surface area contributed by atoms with Gasteiger partial charge < -0.3 is 16.0 Å². The molecule has 28 heavy (non-hydrogen) atoms. The Morgan fingerprint density at radius 1 is 1.21 bits per heavy atom. The SMILES string of the molecule is C[C@@H](CN[C@H](C)[C@H]1CNc2cccc(C#N)c2N1)c1ccc(S(C)(=O)=O)cc1. The molecule has 0 radical (unpaired) electrons. The van der Waals surface area contributed by atoms with E-state index in [4.69, 9.17) is 0 Å². The molecule has 6 nitrogen and oxygen atoms in total. The van der Waals surface area contributed by atoms with Crippen molar-refractivity contribution in [2.45, 2.75) is 36.7 Å². The average molecular weight is 399 g/mol. The Kier molecular flexibility index (Phi) is 5.92. The van der Waals surface area contributed by atoms with Gasteiger partial charge in [0, 0.05) is 25.4 Å². The highest BCUT2D eigenvalue weighted by Crippen LogP contribution is 2.30. The Morgan fingerprint density at radius 2 is 1.93 bits per heavy atom. The minimum atomic E-state index is -3.17. The van der Waals surface area contributed by atoms with Crippen LogP contribution in [-0.4, -0.2) is 39.8 Å². The standard InChI is InChI=1S/C21H26N4O2S/c1-14(16-7-9-18(10-8-16)28(3,26)27)12-23-15(2)20-13-24-19-6-4-5-17(11-22)21(19)25-20/h4-10,14-15,20,23-25H,12-13H2,1-3H3/t14-,15+,20+/m0/s1. The number of anilines is 2. The third-order valence-corrected chi connectivity index (χ3v) is 6.38. The zero-order valence-corrected chi connectivity index (χ0v) is 17.2. The van der Waals surface area contributed by atoms with Gasteiger partial charge in [-0.3, -0.25) is 0 Å². The van der Waals surface area contributed by atoms with Gasteiger partial charge in [-0.15, -0.1) is 0 Å². The lowest BCUT2D eigenvalue weighted by molar-refractivity contribution is 0.468. The number of nitriles is 1. The topological polar surface area (TPSA) is 94.0 Å². The van der Waals surface area contributed by atoms with Crippen LogP contribution in [0, 0.1) is 11.3 Å². The summed E-state index contributed by atoms with van der Waals surface area (Å²) in [6.45, 7) is 5.78. The van der Waals surface area contributed by atoms with Gasteiger partial charge in [0.15, 0.2) is 9.84 Å². The van der Waals surface area contributed by atoms with E-state index in [9.17, 15) is 13.7 Å². The molecule has 3 N–H and O–H groups in total. The molecule has 1 heterocycles. The molecule has 7 heteroatoms. The number of para-hydroxylation sites is 1. The maximum absolute atomic E-state index is 11.6. The summed E-state index contributed by atoms with van der Waals surface area (Å²) in [5, 5.41) is 19.8. The van der Waals surface area contributed by atoms with Gasteiger partial charge in [-0.25, -0.2) is 8.42 Å². The van der Waals surface area contributed by atoms with Crippen molar-refractivity contribution in [1.82, 2.24) is 5.32 Å². The van der Waals surface area contributed by atoms with E-state index in [2.05, 4.69) is 35.9 Å². The van der Waals surface area contributed by atoms with Gasteiger partial charge in [0.25, 0.3) is 0 Å². The van der Waals surface area contributed by atoms with E-state index in [0.717, 1.165) is 30.0 Å². The van der Waals surface area contributed by atoms with E-state index in [0.29, 0.717) is 10.5 Å². The third kappa shape index (κ3) is 4.46. The van der Waals surface area contributed by atoms with Crippen LogP contribution in [0.3, 0.4) is 0 Å². The van der Waals surface area contributed by atoms with Gasteiger partial charge >= 0.3 is 0 Å². The Morgan fingerprint density at radius 3 is 2.57 bits per heavy atom. The van der Waals surface area contributed by atoms with Gasteiger partial charge in [0.1, 0.15) is 6.07 Å². The van der Waals surface area contributed by atoms with Crippen molar-refractivity contribution in [3.8, 4) is 6.07 Å². The summed E-state index contributed by atoms with van der Waals surface area (Å²) < 4.78 is 23.2. The van der Waals surface area contributed by atoms with Gasteiger partial charge in [0.2, 0.25) is 0 Å². The van der Waals surface area contributed by atoms with Crippen molar-refractivity contribution in [3.63, 3.8) is 0 Å². The summed E-state index contributed by atoms with van der Waals surface area (Å²) in [6, 6.07) is 15.3. The van der Waals surface area contributed by atoms with Crippen molar-refractivity contribution in [2.75, 3.05) is 30.0 Å². The molecule has 148 valence electrons. The van der Waals surface area contributed by atoms with Crippen molar-refractivity contribution < 1.29 is 8.42 Å². The maximum atomic E-state index is 11.6. The van der Waals surface area contributed by atoms with Crippen LogP contribution in [0.1, 0.15) is 30.9 Å². The Labute approximate surface area is 166 Å². The smallest absolute Gasteiger partial charge is 0.175 e. The monoisotopic (exact) mass is 398 g/mol. The van der Waals surface area contributed by atoms with Crippen LogP contribution < -0.4 is 16.0 Å². The molecule has 0 fully saturated rings. The Balaban J connectivity index is 1.60. The molecule has 0 saturated carbocycles. The molecule has 3 rings (SSSR count). The van der Waals surface area contributed by atoms with E-state index >= 15 is 0 Å². The fraction of sp³-hybridized carbons (Fsp3) is 0.381. The first-order valence-corrected chi connectivity index (χ1v) is 11.3. The van der Waals surface area contributed by atoms with E-state index in [-0.39, 0.29) is 18.0 Å². The number of sulfone groups is 1. The molecule has 0 amide bonds. The molecule has 0 spiro atoms. The second kappa shape index (κ2) is 8.21. The molecular weight excluding hydrogens is 372 g/mol. The average Bonchev–Trinajstić information content (AvgIpc) is 2.70. The molecule has 0 bridgehead atoms. The van der Waals surface area contributed by atoms with Crippen LogP contribution in [0.4, 0.5) is 11.4 Å². The Hall–Kier alpha value is -2.56. The number of rotatable bonds is 6. The molecule has 2 aromatic carbocycles. The van der Waals surface area contributed by atoms with Crippen LogP contribution in [0.15, 0.2) is 47.4 Å². The molecular formula is C21H26N4O2S. The fourth-order valence-electron chi connectivity index (χ4n) is 3.37. The van der Waals surface area contributed by atoms with Gasteiger partial charge in [0.05, 0.1) is 27.9 Å². The highest BCUT2D eigenvalue weighted by Gasteiger charge is 2.24. The maximum Gasteiger partial charge on any atom is 0.175 e. The largest absolute Gasteiger partial charge is 0.381 e. The summed E-state index contributed by atoms with van der Waals surface area (Å²) in [4.78, 5) is 0.342. The molecule has 0 unspecified atom stereocenters. The highest BCUT2D eigenvalue weighted by atomic mass is 32.2. The van der Waals surface area contributed by atoms with Crippen molar-refractivity contribution >= 4 is 21.2 Å². The zero-order valence-electron chi connectivity index (χ0n) is 16.4. The zero-order chi connectivity index (χ0) is 20.3. The lowest BCUT2D eigenvalue weighted by Gasteiger charge is -2.34. The first kappa shape index (κ1) is 20.2. The number of nitrogens with one attached hydrogen (secondary N) is 3. The number of fused-ring (bicyclic) bond motifs is 1. The van der Waals surface area contributed by atoms with Gasteiger partial charge in [-0.1, -0.05) is 25.1 Å². The fourth-order valence-corrected chi connectivity index (χ4v) is 4.00. The Bertz CT molecular complexity index is 980. The van der Waals surface area contributed by atoms with Gasteiger partial charge in [-0.05, 0) is 42.7 Å². The molecule has 3 atom stereocenters. The van der Waals surface area contributed by atoms with Crippen LogP contribution in [0.25, 0.3) is 0 Å². The van der Waals surface area contributed by atoms with Crippen molar-refractivity contribution in [3.05, 3.63) is 53.6 Å². The molecule has 1 aliphatic rings. The highest BCUT2D eigenvalue weighted by molar-refractivity contribution is 7.90. The first-order valence-electron chi connectivity index (χ1n) is 9.36. The predicted molar refractivity (Wildman–Crippen MR) is 112 cm³/mol. The van der Waals surface area contributed by atoms with Crippen LogP contribution in [0.2, 0.25) is 0 Å². The lowest BCUT2D eigenvalue weighted by Crippen LogP contribution is -2.48. The number of hydrogen-bond donors (Lipinski definition) is 3. The van der Waals surface area contributed by atoms with Crippen LogP contribution in [-0.2, 0) is 9.84 Å². The number of hydrogen-bond acceptors (Lipinski definition) is 6. The molecule has 1 aliphatic heterocycles. The van der Waals surface area contributed by atoms with Crippen LogP contribution >= 0.6 is 0 Å². The van der Waals surface area contributed by atoms with E-state index in [1.807, 2.05) is 30.3 Å². The summed E-state index contributed by atoms with van der Waals surface area (Å²) in [5.74, 6) is 0.245. The number of nitrogens with zero attached hydrogens (tertiary/aromatic N) is 1. The predicted octanol–water partition coefficient (Wildman–Crippen LogP) is 2.95. The van der Waals surface area contributed by atoms with E-state index in [1.54, 1.807) is 12.1 Å². The summed E-state index contributed by atoms with van der Waals surface area (Å²) in [6.07, 6.45) is 1.22. The lowest BCUT2D eigenvalue weighted by atomic mass is 9.99.